The van der Waals surface area contributed by atoms with E-state index in [1.54, 1.807) is 0 Å². The van der Waals surface area contributed by atoms with Crippen LogP contribution in [0.1, 0.15) is 5.76 Å². The van der Waals surface area contributed by atoms with Crippen molar-refractivity contribution in [2.24, 2.45) is 0 Å². The third-order valence-corrected chi connectivity index (χ3v) is 2.76. The van der Waals surface area contributed by atoms with Gasteiger partial charge in [0.25, 0.3) is 0 Å². The highest BCUT2D eigenvalue weighted by Crippen LogP contribution is 2.16. The maximum Gasteiger partial charge on any atom is 0.433 e. The molecule has 0 bridgehead atoms. The Morgan fingerprint density at radius 3 is 2.64 bits per heavy atom. The van der Waals surface area contributed by atoms with E-state index in [1.807, 2.05) is 0 Å². The van der Waals surface area contributed by atoms with Gasteiger partial charge in [-0.3, -0.25) is 10.1 Å². The second-order valence-corrected chi connectivity index (χ2v) is 4.39. The third kappa shape index (κ3) is 2.54. The molecule has 7 nitrogen and oxygen atoms in total. The molecule has 0 aliphatic rings. The van der Waals surface area contributed by atoms with Gasteiger partial charge in [0.15, 0.2) is 0 Å². The van der Waals surface area contributed by atoms with Crippen molar-refractivity contribution in [1.29, 1.82) is 0 Å². The molecule has 14 heavy (non-hydrogen) atoms. The summed E-state index contributed by atoms with van der Waals surface area (Å²) < 4.78 is 28.7. The topological polar surface area (TPSA) is 102 Å². The number of nitrogens with one attached hydrogen (secondary N) is 1. The van der Waals surface area contributed by atoms with Crippen LogP contribution in [0.5, 0.6) is 0 Å². The second kappa shape index (κ2) is 3.76. The second-order valence-electron chi connectivity index (χ2n) is 2.46. The molecule has 0 unspecified atom stereocenters. The number of nitrogens with zero attached hydrogens (tertiary/aromatic N) is 1. The normalized spacial score (nSPS) is 11.5. The average molecular weight is 220 g/mol. The Labute approximate surface area is 79.9 Å². The Balaban J connectivity index is 2.84. The van der Waals surface area contributed by atoms with Crippen molar-refractivity contribution in [3.8, 4) is 0 Å². The molecule has 0 radical (unpaired) electrons. The lowest BCUT2D eigenvalue weighted by atomic mass is 10.5. The summed E-state index contributed by atoms with van der Waals surface area (Å²) in [5.74, 6) is -0.838. The van der Waals surface area contributed by atoms with Crippen LogP contribution in [0.15, 0.2) is 16.5 Å². The van der Waals surface area contributed by atoms with Gasteiger partial charge in [-0.25, -0.2) is 13.1 Å². The largest absolute Gasteiger partial charge is 0.433 e. The van der Waals surface area contributed by atoms with E-state index in [1.165, 1.54) is 13.1 Å². The van der Waals surface area contributed by atoms with E-state index in [9.17, 15) is 18.5 Å². The van der Waals surface area contributed by atoms with E-state index < -0.39 is 26.6 Å². The van der Waals surface area contributed by atoms with Crippen molar-refractivity contribution in [3.63, 3.8) is 0 Å². The summed E-state index contributed by atoms with van der Waals surface area (Å²) >= 11 is 0. The van der Waals surface area contributed by atoms with Crippen molar-refractivity contribution in [1.82, 2.24) is 4.72 Å². The fourth-order valence-corrected chi connectivity index (χ4v) is 1.48. The number of nitro groups is 1. The molecule has 0 amide bonds. The van der Waals surface area contributed by atoms with Crippen LogP contribution in [0, 0.1) is 10.1 Å². The van der Waals surface area contributed by atoms with Crippen LogP contribution in [0.2, 0.25) is 0 Å². The first kappa shape index (κ1) is 10.7. The Bertz CT molecular complexity index is 435. The molecule has 0 spiro atoms. The zero-order valence-electron chi connectivity index (χ0n) is 7.26. The van der Waals surface area contributed by atoms with Gasteiger partial charge < -0.3 is 4.42 Å². The van der Waals surface area contributed by atoms with Crippen LogP contribution in [-0.4, -0.2) is 20.4 Å². The number of hydrogen-bond acceptors (Lipinski definition) is 5. The highest BCUT2D eigenvalue weighted by atomic mass is 32.2. The van der Waals surface area contributed by atoms with E-state index in [2.05, 4.69) is 9.14 Å². The molecule has 0 atom stereocenters. The SMILES string of the molecule is CNS(=O)(=O)Cc1ccc([N+](=O)[O-])o1. The zero-order chi connectivity index (χ0) is 10.8. The molecule has 0 saturated carbocycles. The Morgan fingerprint density at radius 1 is 1.57 bits per heavy atom. The van der Waals surface area contributed by atoms with Gasteiger partial charge in [0, 0.05) is 0 Å². The maximum atomic E-state index is 11.0. The smallest absolute Gasteiger partial charge is 0.405 e. The van der Waals surface area contributed by atoms with Crippen LogP contribution in [-0.2, 0) is 15.8 Å². The van der Waals surface area contributed by atoms with Gasteiger partial charge in [-0.15, -0.1) is 0 Å². The lowest BCUT2D eigenvalue weighted by Gasteiger charge is -1.97. The molecule has 1 rings (SSSR count). The summed E-state index contributed by atoms with van der Waals surface area (Å²) in [6, 6.07) is 2.37. The molecule has 0 saturated heterocycles. The van der Waals surface area contributed by atoms with E-state index in [0.29, 0.717) is 0 Å². The Hall–Kier alpha value is -1.41. The maximum absolute atomic E-state index is 11.0. The first-order valence-corrected chi connectivity index (χ1v) is 5.24. The predicted octanol–water partition coefficient (Wildman–Crippen LogP) is 0.237. The summed E-state index contributed by atoms with van der Waals surface area (Å²) in [6.07, 6.45) is 0. The van der Waals surface area contributed by atoms with E-state index in [-0.39, 0.29) is 5.76 Å². The van der Waals surface area contributed by atoms with Gasteiger partial charge in [-0.05, 0) is 13.1 Å². The van der Waals surface area contributed by atoms with Gasteiger partial charge in [0.2, 0.25) is 10.0 Å². The Morgan fingerprint density at radius 2 is 2.21 bits per heavy atom. The number of rotatable bonds is 4. The average Bonchev–Trinajstić information content (AvgIpc) is 2.52. The van der Waals surface area contributed by atoms with Crippen molar-refractivity contribution in [2.45, 2.75) is 5.75 Å². The molecular formula is C6H8N2O5S. The monoisotopic (exact) mass is 220 g/mol. The van der Waals surface area contributed by atoms with Gasteiger partial charge in [0.05, 0.1) is 6.07 Å². The van der Waals surface area contributed by atoms with Crippen LogP contribution in [0.3, 0.4) is 0 Å². The number of hydrogen-bond donors (Lipinski definition) is 1. The van der Waals surface area contributed by atoms with E-state index in [4.69, 9.17) is 0 Å². The molecule has 0 aromatic carbocycles. The van der Waals surface area contributed by atoms with Crippen molar-refractivity contribution in [2.75, 3.05) is 7.05 Å². The fourth-order valence-electron chi connectivity index (χ4n) is 0.802. The fraction of sp³-hybridized carbons (Fsp3) is 0.333. The van der Waals surface area contributed by atoms with Crippen LogP contribution in [0.25, 0.3) is 0 Å². The quantitative estimate of drug-likeness (QED) is 0.578. The van der Waals surface area contributed by atoms with Crippen molar-refractivity contribution >= 4 is 15.9 Å². The van der Waals surface area contributed by atoms with Crippen molar-refractivity contribution in [3.05, 3.63) is 28.0 Å². The van der Waals surface area contributed by atoms with E-state index in [0.717, 1.165) is 6.07 Å². The number of sulfonamides is 1. The first-order valence-electron chi connectivity index (χ1n) is 3.59. The summed E-state index contributed by atoms with van der Waals surface area (Å²) in [7, 11) is -2.19. The van der Waals surface area contributed by atoms with Crippen LogP contribution >= 0.6 is 0 Å². The predicted molar refractivity (Wildman–Crippen MR) is 47.0 cm³/mol. The summed E-state index contributed by atoms with van der Waals surface area (Å²) in [5, 5.41) is 10.2. The lowest BCUT2D eigenvalue weighted by Crippen LogP contribution is -2.20. The van der Waals surface area contributed by atoms with Crippen molar-refractivity contribution < 1.29 is 17.8 Å². The minimum absolute atomic E-state index is 0.0334. The van der Waals surface area contributed by atoms with Crippen LogP contribution in [0.4, 0.5) is 5.88 Å². The molecule has 1 N–H and O–H groups in total. The summed E-state index contributed by atoms with van der Waals surface area (Å²) in [5.41, 5.74) is 0. The Kier molecular flexibility index (Phi) is 2.87. The molecule has 8 heteroatoms. The third-order valence-electron chi connectivity index (χ3n) is 1.47. The van der Waals surface area contributed by atoms with Crippen LogP contribution < -0.4 is 4.72 Å². The standard InChI is InChI=1S/C6H8N2O5S/c1-7-14(11,12)4-5-2-3-6(13-5)8(9)10/h2-3,7H,4H2,1H3. The molecule has 0 fully saturated rings. The van der Waals surface area contributed by atoms with E-state index >= 15 is 0 Å². The van der Waals surface area contributed by atoms with Gasteiger partial charge in [-0.1, -0.05) is 0 Å². The molecule has 1 heterocycles. The molecule has 0 aliphatic heterocycles. The summed E-state index contributed by atoms with van der Waals surface area (Å²) in [4.78, 5) is 9.47. The summed E-state index contributed by atoms with van der Waals surface area (Å²) in [6.45, 7) is 0. The molecule has 0 aliphatic carbocycles. The molecule has 1 aromatic rings. The molecule has 78 valence electrons. The lowest BCUT2D eigenvalue weighted by molar-refractivity contribution is -0.402. The molecular weight excluding hydrogens is 212 g/mol. The van der Waals surface area contributed by atoms with Gasteiger partial charge in [0.1, 0.15) is 16.4 Å². The minimum atomic E-state index is -3.45. The zero-order valence-corrected chi connectivity index (χ0v) is 8.08. The van der Waals surface area contributed by atoms with Gasteiger partial charge in [-0.2, -0.15) is 0 Å². The molecule has 1 aromatic heterocycles. The minimum Gasteiger partial charge on any atom is -0.405 e. The first-order chi connectivity index (χ1) is 6.44. The highest BCUT2D eigenvalue weighted by Gasteiger charge is 2.16. The highest BCUT2D eigenvalue weighted by molar-refractivity contribution is 7.88. The van der Waals surface area contributed by atoms with Gasteiger partial charge >= 0.3 is 5.88 Å². The number of furan rings is 1.